The molecule has 0 saturated carbocycles. The molecule has 1 aliphatic heterocycles. The number of hydrogen-bond acceptors (Lipinski definition) is 9. The number of nitrogens with two attached hydrogens (primary N) is 2. The zero-order valence-electron chi connectivity index (χ0n) is 16.4. The second kappa shape index (κ2) is 8.46. The molecule has 29 heavy (non-hydrogen) atoms. The number of benzene rings is 1. The average molecular weight is 389 g/mol. The van der Waals surface area contributed by atoms with Crippen molar-refractivity contribution in [2.24, 2.45) is 4.99 Å². The minimum Gasteiger partial charge on any atom is -0.397 e. The van der Waals surface area contributed by atoms with Gasteiger partial charge in [0, 0.05) is 12.1 Å². The van der Waals surface area contributed by atoms with E-state index in [9.17, 15) is 5.26 Å². The third-order valence-electron chi connectivity index (χ3n) is 5.00. The van der Waals surface area contributed by atoms with Crippen LogP contribution in [0.15, 0.2) is 29.3 Å². The van der Waals surface area contributed by atoms with Crippen molar-refractivity contribution < 1.29 is 0 Å². The average Bonchev–Trinajstić information content (AvgIpc) is 2.72. The van der Waals surface area contributed by atoms with Gasteiger partial charge in [0.05, 0.1) is 5.69 Å². The molecular weight excluding hydrogens is 366 g/mol. The van der Waals surface area contributed by atoms with Gasteiger partial charge in [0.15, 0.2) is 6.19 Å². The topological polar surface area (TPSA) is 152 Å². The summed E-state index contributed by atoms with van der Waals surface area (Å²) in [7, 11) is 0. The molecule has 0 spiro atoms. The van der Waals surface area contributed by atoms with Gasteiger partial charge in [0.1, 0.15) is 29.3 Å². The Hall–Kier alpha value is -3.82. The van der Waals surface area contributed by atoms with Gasteiger partial charge < -0.3 is 16.8 Å². The Morgan fingerprint density at radius 2 is 1.93 bits per heavy atom. The molecule has 6 N–H and O–H groups in total. The molecule has 3 rings (SSSR count). The van der Waals surface area contributed by atoms with Crippen LogP contribution in [0.4, 0.5) is 17.3 Å². The number of rotatable bonds is 5. The highest BCUT2D eigenvalue weighted by molar-refractivity contribution is 5.98. The fraction of sp³-hybridized carbons (Fsp3) is 0.300. The van der Waals surface area contributed by atoms with Gasteiger partial charge in [-0.1, -0.05) is 38.1 Å². The molecule has 1 aliphatic rings. The number of nitrogens with one attached hydrogen (secondary N) is 2. The van der Waals surface area contributed by atoms with E-state index in [2.05, 4.69) is 45.4 Å². The van der Waals surface area contributed by atoms with Gasteiger partial charge in [-0.2, -0.15) is 10.5 Å². The van der Waals surface area contributed by atoms with Gasteiger partial charge in [-0.25, -0.2) is 9.98 Å². The van der Waals surface area contributed by atoms with Crippen molar-refractivity contribution in [3.8, 4) is 12.3 Å². The molecule has 0 fully saturated rings. The van der Waals surface area contributed by atoms with Gasteiger partial charge in [-0.05, 0) is 24.2 Å². The molecule has 1 aromatic carbocycles. The number of hydrogen-bond donors (Lipinski definition) is 4. The SMILES string of the molecule is CCN(CC)Cc1ccccc1C1N=C(NC#N)Nc2nc(N)c(C#N)c(N)c21. The maximum absolute atomic E-state index is 9.46. The Kier molecular flexibility index (Phi) is 5.82. The van der Waals surface area contributed by atoms with E-state index in [0.29, 0.717) is 11.4 Å². The number of guanidine groups is 1. The Bertz CT molecular complexity index is 1030. The number of anilines is 3. The van der Waals surface area contributed by atoms with Crippen LogP contribution in [-0.2, 0) is 6.54 Å². The molecule has 2 heterocycles. The molecule has 148 valence electrons. The zero-order chi connectivity index (χ0) is 21.0. The van der Waals surface area contributed by atoms with Crippen molar-refractivity contribution in [3.05, 3.63) is 46.5 Å². The number of pyridine rings is 1. The normalized spacial score (nSPS) is 14.9. The summed E-state index contributed by atoms with van der Waals surface area (Å²) in [6.45, 7) is 6.80. The summed E-state index contributed by atoms with van der Waals surface area (Å²) in [6, 6.07) is 9.43. The van der Waals surface area contributed by atoms with Crippen LogP contribution in [0.1, 0.15) is 42.1 Å². The highest BCUT2D eigenvalue weighted by Gasteiger charge is 2.30. The Balaban J connectivity index is 2.20. The van der Waals surface area contributed by atoms with E-state index in [4.69, 9.17) is 16.7 Å². The predicted molar refractivity (Wildman–Crippen MR) is 112 cm³/mol. The molecule has 0 amide bonds. The summed E-state index contributed by atoms with van der Waals surface area (Å²) in [5.74, 6) is 0.665. The molecule has 1 atom stereocenters. The number of nitrogen functional groups attached to an aromatic ring is 2. The summed E-state index contributed by atoms with van der Waals surface area (Å²) < 4.78 is 0. The highest BCUT2D eigenvalue weighted by Crippen LogP contribution is 2.41. The number of nitrogens with zero attached hydrogens (tertiary/aromatic N) is 5. The first-order valence-electron chi connectivity index (χ1n) is 9.32. The minimum absolute atomic E-state index is 0.0321. The molecule has 1 aromatic heterocycles. The van der Waals surface area contributed by atoms with Crippen LogP contribution < -0.4 is 22.1 Å². The van der Waals surface area contributed by atoms with Gasteiger partial charge in [0.2, 0.25) is 5.96 Å². The highest BCUT2D eigenvalue weighted by atomic mass is 15.2. The second-order valence-corrected chi connectivity index (χ2v) is 6.56. The lowest BCUT2D eigenvalue weighted by atomic mass is 9.91. The number of fused-ring (bicyclic) bond motifs is 1. The standard InChI is InChI=1S/C20H23N9/c1-3-29(4-2)10-12-7-5-6-8-13(12)17-15-16(23)14(9-21)18(24)27-19(15)28-20(26-17)25-11-22/h5-8,17H,3-4,10H2,1-2H3,(H6,23,24,25,26,27,28). The number of aromatic nitrogens is 1. The van der Waals surface area contributed by atoms with E-state index in [1.807, 2.05) is 30.5 Å². The zero-order valence-corrected chi connectivity index (χ0v) is 16.4. The Labute approximate surface area is 169 Å². The van der Waals surface area contributed by atoms with Gasteiger partial charge in [-0.15, -0.1) is 0 Å². The van der Waals surface area contributed by atoms with Crippen molar-refractivity contribution >= 4 is 23.3 Å². The van der Waals surface area contributed by atoms with Gasteiger partial charge in [-0.3, -0.25) is 10.2 Å². The van der Waals surface area contributed by atoms with E-state index < -0.39 is 6.04 Å². The van der Waals surface area contributed by atoms with Crippen LogP contribution in [0.3, 0.4) is 0 Å². The third-order valence-corrected chi connectivity index (χ3v) is 5.00. The largest absolute Gasteiger partial charge is 0.397 e. The monoisotopic (exact) mass is 389 g/mol. The van der Waals surface area contributed by atoms with Crippen LogP contribution >= 0.6 is 0 Å². The van der Waals surface area contributed by atoms with Crippen LogP contribution in [0.25, 0.3) is 0 Å². The van der Waals surface area contributed by atoms with Crippen molar-refractivity contribution in [2.45, 2.75) is 26.4 Å². The van der Waals surface area contributed by atoms with Crippen LogP contribution in [0.2, 0.25) is 0 Å². The third kappa shape index (κ3) is 3.77. The van der Waals surface area contributed by atoms with E-state index in [1.165, 1.54) is 0 Å². The fourth-order valence-corrected chi connectivity index (χ4v) is 3.44. The maximum Gasteiger partial charge on any atom is 0.211 e. The van der Waals surface area contributed by atoms with E-state index in [-0.39, 0.29) is 23.0 Å². The molecular formula is C20H23N9. The maximum atomic E-state index is 9.46. The molecule has 2 aromatic rings. The van der Waals surface area contributed by atoms with Gasteiger partial charge >= 0.3 is 0 Å². The quantitative estimate of drug-likeness (QED) is 0.447. The first-order chi connectivity index (χ1) is 14.0. The summed E-state index contributed by atoms with van der Waals surface area (Å²) in [5, 5.41) is 24.0. The minimum atomic E-state index is -0.533. The predicted octanol–water partition coefficient (Wildman–Crippen LogP) is 1.90. The summed E-state index contributed by atoms with van der Waals surface area (Å²) in [6.07, 6.45) is 1.86. The molecule has 0 radical (unpaired) electrons. The van der Waals surface area contributed by atoms with Gasteiger partial charge in [0.25, 0.3) is 0 Å². The first kappa shape index (κ1) is 19.9. The van der Waals surface area contributed by atoms with Crippen LogP contribution in [0.5, 0.6) is 0 Å². The summed E-state index contributed by atoms with van der Waals surface area (Å²) >= 11 is 0. The smallest absolute Gasteiger partial charge is 0.211 e. The summed E-state index contributed by atoms with van der Waals surface area (Å²) in [5.41, 5.74) is 15.2. The number of aliphatic imine (C=N–C) groups is 1. The molecule has 1 unspecified atom stereocenters. The molecule has 9 nitrogen and oxygen atoms in total. The fourth-order valence-electron chi connectivity index (χ4n) is 3.44. The first-order valence-corrected chi connectivity index (χ1v) is 9.32. The van der Waals surface area contributed by atoms with E-state index >= 15 is 0 Å². The van der Waals surface area contributed by atoms with E-state index in [0.717, 1.165) is 30.8 Å². The lowest BCUT2D eigenvalue weighted by Gasteiger charge is -2.28. The van der Waals surface area contributed by atoms with Crippen molar-refractivity contribution in [2.75, 3.05) is 29.9 Å². The van der Waals surface area contributed by atoms with E-state index in [1.54, 1.807) is 0 Å². The molecule has 0 saturated heterocycles. The lowest BCUT2D eigenvalue weighted by Crippen LogP contribution is -2.33. The van der Waals surface area contributed by atoms with Crippen molar-refractivity contribution in [3.63, 3.8) is 0 Å². The molecule has 9 heteroatoms. The molecule has 0 bridgehead atoms. The Morgan fingerprint density at radius 3 is 2.59 bits per heavy atom. The summed E-state index contributed by atoms with van der Waals surface area (Å²) in [4.78, 5) is 11.2. The molecule has 0 aliphatic carbocycles. The second-order valence-electron chi connectivity index (χ2n) is 6.56. The number of nitriles is 2. The lowest BCUT2D eigenvalue weighted by molar-refractivity contribution is 0.294. The Morgan fingerprint density at radius 1 is 1.21 bits per heavy atom. The van der Waals surface area contributed by atoms with Crippen molar-refractivity contribution in [1.29, 1.82) is 10.5 Å². The van der Waals surface area contributed by atoms with Crippen LogP contribution in [0, 0.1) is 22.8 Å². The van der Waals surface area contributed by atoms with Crippen molar-refractivity contribution in [1.82, 2.24) is 15.2 Å². The van der Waals surface area contributed by atoms with Crippen LogP contribution in [-0.4, -0.2) is 28.9 Å².